The molecule has 0 aliphatic rings. The molecule has 1 aromatic carbocycles. The van der Waals surface area contributed by atoms with Crippen molar-refractivity contribution >= 4 is 11.6 Å². The van der Waals surface area contributed by atoms with Crippen molar-refractivity contribution in [1.82, 2.24) is 0 Å². The van der Waals surface area contributed by atoms with Gasteiger partial charge in [-0.05, 0) is 22.3 Å². The molecular formula is C8H6N4O4. The Morgan fingerprint density at radius 3 is 2.88 bits per heavy atom. The highest BCUT2D eigenvalue weighted by atomic mass is 16.6. The highest BCUT2D eigenvalue weighted by molar-refractivity contribution is 5.79. The van der Waals surface area contributed by atoms with Crippen molar-refractivity contribution in [1.29, 1.82) is 0 Å². The Morgan fingerprint density at radius 1 is 1.62 bits per heavy atom. The first-order valence-electron chi connectivity index (χ1n) is 4.09. The lowest BCUT2D eigenvalue weighted by Gasteiger charge is -1.99. The van der Waals surface area contributed by atoms with Crippen LogP contribution >= 0.6 is 0 Å². The normalized spacial score (nSPS) is 9.25. The summed E-state index contributed by atoms with van der Waals surface area (Å²) in [5, 5.41) is 22.4. The fraction of sp³-hybridized carbons (Fsp3) is 0.125. The van der Waals surface area contributed by atoms with E-state index in [-0.39, 0.29) is 6.42 Å². The van der Waals surface area contributed by atoms with E-state index in [0.29, 0.717) is 5.56 Å². The zero-order chi connectivity index (χ0) is 12.1. The average molecular weight is 222 g/mol. The van der Waals surface area contributed by atoms with E-state index in [1.165, 1.54) is 6.07 Å². The van der Waals surface area contributed by atoms with E-state index in [2.05, 4.69) is 10.0 Å². The molecular weight excluding hydrogens is 216 g/mol. The number of nitro benzene ring substituents is 1. The highest BCUT2D eigenvalue weighted by Crippen LogP contribution is 2.26. The molecule has 0 bridgehead atoms. The van der Waals surface area contributed by atoms with Crippen LogP contribution in [0.5, 0.6) is 5.75 Å². The van der Waals surface area contributed by atoms with E-state index in [4.69, 9.17) is 10.6 Å². The van der Waals surface area contributed by atoms with Crippen LogP contribution in [0, 0.1) is 10.1 Å². The number of aromatic hydroxyl groups is 1. The molecule has 0 aliphatic carbocycles. The van der Waals surface area contributed by atoms with Crippen LogP contribution in [-0.2, 0) is 11.2 Å². The van der Waals surface area contributed by atoms with Gasteiger partial charge in [-0.1, -0.05) is 6.07 Å². The Hall–Kier alpha value is -2.60. The SMILES string of the molecule is [N-]=[N+]=NC(=O)Cc1ccc(O)c([N+](=O)[O-])c1. The molecule has 8 heteroatoms. The molecule has 0 saturated heterocycles. The molecule has 0 spiro atoms. The zero-order valence-electron chi connectivity index (χ0n) is 7.90. The molecule has 0 aliphatic heterocycles. The smallest absolute Gasteiger partial charge is 0.310 e. The minimum atomic E-state index is -0.767. The first-order chi connectivity index (χ1) is 7.54. The molecule has 1 aromatic rings. The summed E-state index contributed by atoms with van der Waals surface area (Å²) in [7, 11) is 0. The van der Waals surface area contributed by atoms with E-state index in [9.17, 15) is 14.9 Å². The third kappa shape index (κ3) is 2.69. The predicted molar refractivity (Wildman–Crippen MR) is 52.6 cm³/mol. The second-order valence-electron chi connectivity index (χ2n) is 2.84. The van der Waals surface area contributed by atoms with Gasteiger partial charge in [0.15, 0.2) is 5.75 Å². The third-order valence-electron chi connectivity index (χ3n) is 1.75. The number of nitrogens with zero attached hydrogens (tertiary/aromatic N) is 4. The van der Waals surface area contributed by atoms with E-state index in [1.807, 2.05) is 0 Å². The number of benzene rings is 1. The lowest BCUT2D eigenvalue weighted by molar-refractivity contribution is -0.385. The second kappa shape index (κ2) is 4.76. The van der Waals surface area contributed by atoms with Crippen LogP contribution in [0.25, 0.3) is 10.4 Å². The minimum Gasteiger partial charge on any atom is -0.502 e. The number of carbonyl (C=O) groups excluding carboxylic acids is 1. The van der Waals surface area contributed by atoms with Crippen LogP contribution in [0.15, 0.2) is 23.3 Å². The summed E-state index contributed by atoms with van der Waals surface area (Å²) in [5.41, 5.74) is 7.79. The van der Waals surface area contributed by atoms with Gasteiger partial charge in [0, 0.05) is 17.4 Å². The van der Waals surface area contributed by atoms with Gasteiger partial charge in [0.2, 0.25) is 5.91 Å². The molecule has 82 valence electrons. The molecule has 1 amide bonds. The van der Waals surface area contributed by atoms with Gasteiger partial charge in [-0.25, -0.2) is 0 Å². The van der Waals surface area contributed by atoms with Crippen molar-refractivity contribution in [3.05, 3.63) is 44.3 Å². The number of rotatable bonds is 3. The van der Waals surface area contributed by atoms with Crippen LogP contribution < -0.4 is 0 Å². The highest BCUT2D eigenvalue weighted by Gasteiger charge is 2.14. The number of amides is 1. The van der Waals surface area contributed by atoms with Crippen molar-refractivity contribution in [3.8, 4) is 5.75 Å². The number of phenolic OH excluding ortho intramolecular Hbond substituents is 1. The standard InChI is InChI=1S/C8H6N4O4/c9-11-10-8(14)4-5-1-2-7(13)6(3-5)12(15)16/h1-3,13H,4H2. The van der Waals surface area contributed by atoms with Gasteiger partial charge >= 0.3 is 5.69 Å². The number of nitro groups is 1. The van der Waals surface area contributed by atoms with E-state index >= 15 is 0 Å². The molecule has 8 nitrogen and oxygen atoms in total. The van der Waals surface area contributed by atoms with E-state index < -0.39 is 22.3 Å². The van der Waals surface area contributed by atoms with Crippen LogP contribution in [0.2, 0.25) is 0 Å². The maximum absolute atomic E-state index is 10.9. The fourth-order valence-electron chi connectivity index (χ4n) is 1.09. The molecule has 0 heterocycles. The molecule has 16 heavy (non-hydrogen) atoms. The first kappa shape index (κ1) is 11.5. The van der Waals surface area contributed by atoms with Crippen molar-refractivity contribution in [2.24, 2.45) is 5.11 Å². The number of hydrogen-bond donors (Lipinski definition) is 1. The number of hydrogen-bond acceptors (Lipinski definition) is 4. The van der Waals surface area contributed by atoms with Gasteiger partial charge < -0.3 is 5.11 Å². The monoisotopic (exact) mass is 222 g/mol. The zero-order valence-corrected chi connectivity index (χ0v) is 7.90. The molecule has 1 N–H and O–H groups in total. The lowest BCUT2D eigenvalue weighted by Crippen LogP contribution is -1.98. The number of azide groups is 1. The Morgan fingerprint density at radius 2 is 2.31 bits per heavy atom. The van der Waals surface area contributed by atoms with Gasteiger partial charge in [-0.3, -0.25) is 14.9 Å². The van der Waals surface area contributed by atoms with Crippen molar-refractivity contribution in [2.75, 3.05) is 0 Å². The molecule has 0 saturated carbocycles. The van der Waals surface area contributed by atoms with Gasteiger partial charge in [-0.2, -0.15) is 0 Å². The quantitative estimate of drug-likeness (QED) is 0.274. The molecule has 0 atom stereocenters. The number of phenols is 1. The largest absolute Gasteiger partial charge is 0.502 e. The summed E-state index contributed by atoms with van der Waals surface area (Å²) in [6.07, 6.45) is -0.245. The predicted octanol–water partition coefficient (Wildman–Crippen LogP) is 1.68. The van der Waals surface area contributed by atoms with Crippen LogP contribution in [0.4, 0.5) is 5.69 Å². The molecule has 0 unspecified atom stereocenters. The Bertz CT molecular complexity index is 493. The number of carbonyl (C=O) groups is 1. The summed E-state index contributed by atoms with van der Waals surface area (Å²) in [6.45, 7) is 0. The van der Waals surface area contributed by atoms with Gasteiger partial charge in [0.1, 0.15) is 0 Å². The summed E-state index contributed by atoms with van der Waals surface area (Å²) in [4.78, 5) is 22.9. The molecule has 0 fully saturated rings. The van der Waals surface area contributed by atoms with Crippen molar-refractivity contribution in [2.45, 2.75) is 6.42 Å². The van der Waals surface area contributed by atoms with Gasteiger partial charge in [0.25, 0.3) is 0 Å². The van der Waals surface area contributed by atoms with Gasteiger partial charge in [-0.15, -0.1) is 0 Å². The Kier molecular flexibility index (Phi) is 3.41. The summed E-state index contributed by atoms with van der Waals surface area (Å²) in [6, 6.07) is 3.50. The minimum absolute atomic E-state index is 0.245. The lowest BCUT2D eigenvalue weighted by atomic mass is 10.1. The maximum Gasteiger partial charge on any atom is 0.310 e. The fourth-order valence-corrected chi connectivity index (χ4v) is 1.09. The molecule has 0 radical (unpaired) electrons. The first-order valence-corrected chi connectivity index (χ1v) is 4.09. The summed E-state index contributed by atoms with van der Waals surface area (Å²) < 4.78 is 0. The van der Waals surface area contributed by atoms with E-state index in [0.717, 1.165) is 12.1 Å². The van der Waals surface area contributed by atoms with Gasteiger partial charge in [0.05, 0.1) is 4.92 Å². The van der Waals surface area contributed by atoms with Crippen molar-refractivity contribution in [3.63, 3.8) is 0 Å². The van der Waals surface area contributed by atoms with Crippen LogP contribution in [-0.4, -0.2) is 15.9 Å². The maximum atomic E-state index is 10.9. The topological polar surface area (TPSA) is 129 Å². The second-order valence-corrected chi connectivity index (χ2v) is 2.84. The van der Waals surface area contributed by atoms with E-state index in [1.54, 1.807) is 0 Å². The van der Waals surface area contributed by atoms with Crippen LogP contribution in [0.1, 0.15) is 5.56 Å². The van der Waals surface area contributed by atoms with Crippen molar-refractivity contribution < 1.29 is 14.8 Å². The van der Waals surface area contributed by atoms with Crippen LogP contribution in [0.3, 0.4) is 0 Å². The molecule has 0 aromatic heterocycles. The average Bonchev–Trinajstić information content (AvgIpc) is 2.21. The molecule has 1 rings (SSSR count). The summed E-state index contributed by atoms with van der Waals surface area (Å²) >= 11 is 0. The third-order valence-corrected chi connectivity index (χ3v) is 1.75. The Labute approximate surface area is 88.9 Å². The summed E-state index contributed by atoms with van der Waals surface area (Å²) in [5.74, 6) is -1.23. The Balaban J connectivity index is 2.99.